The van der Waals surface area contributed by atoms with Crippen LogP contribution in [0.1, 0.15) is 11.1 Å². The molecule has 0 N–H and O–H groups in total. The summed E-state index contributed by atoms with van der Waals surface area (Å²) in [5.41, 5.74) is 2.00. The molecule has 0 fully saturated rings. The Hall–Kier alpha value is -1.47. The van der Waals surface area contributed by atoms with Crippen molar-refractivity contribution < 1.29 is 9.53 Å². The molecule has 0 amide bonds. The number of carbonyl (C=O) groups is 1. The van der Waals surface area contributed by atoms with Crippen LogP contribution >= 0.6 is 38.5 Å². The summed E-state index contributed by atoms with van der Waals surface area (Å²) in [6.07, 6.45) is 1.72. The molecule has 1 aliphatic heterocycles. The second kappa shape index (κ2) is 6.11. The van der Waals surface area contributed by atoms with Gasteiger partial charge in [-0.25, -0.2) is 9.79 Å². The highest BCUT2D eigenvalue weighted by molar-refractivity contribution is 14.1. The van der Waals surface area contributed by atoms with E-state index in [1.54, 1.807) is 6.08 Å². The quantitative estimate of drug-likeness (QED) is 0.384. The number of carbonyl (C=O) groups excluding carboxylic acids is 1. The molecule has 0 bridgehead atoms. The molecule has 1 aliphatic rings. The Kier molecular flexibility index (Phi) is 4.21. The Morgan fingerprint density at radius 3 is 2.71 bits per heavy atom. The SMILES string of the molecule is O=C1OC(c2cccc(I)c2)=N/C1=C\c1cccc(Br)c1. The van der Waals surface area contributed by atoms with Gasteiger partial charge in [-0.2, -0.15) is 0 Å². The van der Waals surface area contributed by atoms with Crippen molar-refractivity contribution in [2.45, 2.75) is 0 Å². The highest BCUT2D eigenvalue weighted by Gasteiger charge is 2.24. The molecule has 0 saturated carbocycles. The summed E-state index contributed by atoms with van der Waals surface area (Å²) in [7, 11) is 0. The summed E-state index contributed by atoms with van der Waals surface area (Å²) in [6, 6.07) is 15.3. The molecule has 0 aromatic heterocycles. The maximum atomic E-state index is 11.9. The van der Waals surface area contributed by atoms with Crippen LogP contribution in [0.25, 0.3) is 6.08 Å². The van der Waals surface area contributed by atoms with E-state index in [4.69, 9.17) is 4.74 Å². The third-order valence-electron chi connectivity index (χ3n) is 2.84. The number of hydrogen-bond donors (Lipinski definition) is 0. The van der Waals surface area contributed by atoms with Crippen molar-refractivity contribution in [3.05, 3.63) is 73.4 Å². The fraction of sp³-hybridized carbons (Fsp3) is 0. The van der Waals surface area contributed by atoms with Crippen molar-refractivity contribution in [1.82, 2.24) is 0 Å². The smallest absolute Gasteiger partial charge is 0.363 e. The van der Waals surface area contributed by atoms with E-state index >= 15 is 0 Å². The molecule has 0 unspecified atom stereocenters. The largest absolute Gasteiger partial charge is 0.402 e. The predicted molar refractivity (Wildman–Crippen MR) is 93.9 cm³/mol. The number of benzene rings is 2. The summed E-state index contributed by atoms with van der Waals surface area (Å²) in [4.78, 5) is 16.2. The molecular weight excluding hydrogens is 445 g/mol. The molecule has 21 heavy (non-hydrogen) atoms. The van der Waals surface area contributed by atoms with Gasteiger partial charge in [0.1, 0.15) is 0 Å². The zero-order valence-corrected chi connectivity index (χ0v) is 14.5. The van der Waals surface area contributed by atoms with Gasteiger partial charge >= 0.3 is 5.97 Å². The molecule has 1 heterocycles. The number of cyclic esters (lactones) is 1. The first-order valence-electron chi connectivity index (χ1n) is 6.16. The van der Waals surface area contributed by atoms with Crippen LogP contribution in [-0.4, -0.2) is 11.9 Å². The maximum absolute atomic E-state index is 11.9. The number of nitrogens with zero attached hydrogens (tertiary/aromatic N) is 1. The first-order chi connectivity index (χ1) is 10.1. The van der Waals surface area contributed by atoms with Crippen molar-refractivity contribution in [2.75, 3.05) is 0 Å². The van der Waals surface area contributed by atoms with Crippen molar-refractivity contribution in [3.8, 4) is 0 Å². The summed E-state index contributed by atoms with van der Waals surface area (Å²) in [6.45, 7) is 0. The Bertz CT molecular complexity index is 783. The number of ether oxygens (including phenoxy) is 1. The number of halogens is 2. The Labute approximate surface area is 144 Å². The lowest BCUT2D eigenvalue weighted by atomic mass is 10.2. The summed E-state index contributed by atoms with van der Waals surface area (Å²) < 4.78 is 7.26. The Morgan fingerprint density at radius 2 is 1.95 bits per heavy atom. The van der Waals surface area contributed by atoms with E-state index < -0.39 is 5.97 Å². The second-order valence-corrected chi connectivity index (χ2v) is 6.56. The predicted octanol–water partition coefficient (Wildman–Crippen LogP) is 4.40. The summed E-state index contributed by atoms with van der Waals surface area (Å²) >= 11 is 5.61. The molecule has 5 heteroatoms. The van der Waals surface area contributed by atoms with Gasteiger partial charge in [0.25, 0.3) is 0 Å². The highest BCUT2D eigenvalue weighted by atomic mass is 127. The van der Waals surface area contributed by atoms with Crippen LogP contribution in [0.4, 0.5) is 0 Å². The van der Waals surface area contributed by atoms with Crippen molar-refractivity contribution in [2.24, 2.45) is 4.99 Å². The summed E-state index contributed by atoms with van der Waals surface area (Å²) in [5.74, 6) is -0.0800. The van der Waals surface area contributed by atoms with Gasteiger partial charge in [0.05, 0.1) is 0 Å². The number of hydrogen-bond acceptors (Lipinski definition) is 3. The number of aliphatic imine (C=N–C) groups is 1. The second-order valence-electron chi connectivity index (χ2n) is 4.40. The van der Waals surface area contributed by atoms with E-state index in [9.17, 15) is 4.79 Å². The minimum absolute atomic E-state index is 0.307. The molecule has 0 atom stereocenters. The molecule has 0 radical (unpaired) electrons. The lowest BCUT2D eigenvalue weighted by Gasteiger charge is -1.99. The maximum Gasteiger partial charge on any atom is 0.363 e. The summed E-state index contributed by atoms with van der Waals surface area (Å²) in [5, 5.41) is 0. The Balaban J connectivity index is 1.95. The van der Waals surface area contributed by atoms with E-state index in [1.165, 1.54) is 0 Å². The van der Waals surface area contributed by atoms with E-state index in [2.05, 4.69) is 43.5 Å². The normalized spacial score (nSPS) is 16.0. The van der Waals surface area contributed by atoms with Gasteiger partial charge < -0.3 is 4.74 Å². The number of rotatable bonds is 2. The van der Waals surface area contributed by atoms with Crippen LogP contribution < -0.4 is 0 Å². The minimum atomic E-state index is -0.427. The van der Waals surface area contributed by atoms with Crippen LogP contribution in [0, 0.1) is 3.57 Å². The average Bonchev–Trinajstić information content (AvgIpc) is 2.80. The van der Waals surface area contributed by atoms with Crippen molar-refractivity contribution in [1.29, 1.82) is 0 Å². The molecule has 104 valence electrons. The van der Waals surface area contributed by atoms with Gasteiger partial charge in [0.2, 0.25) is 5.90 Å². The molecule has 3 nitrogen and oxygen atoms in total. The lowest BCUT2D eigenvalue weighted by molar-refractivity contribution is -0.129. The fourth-order valence-corrected chi connectivity index (χ4v) is 2.87. The number of esters is 1. The van der Waals surface area contributed by atoms with Gasteiger partial charge in [-0.05, 0) is 64.6 Å². The first kappa shape index (κ1) is 14.5. The molecule has 2 aromatic rings. The van der Waals surface area contributed by atoms with E-state index in [0.29, 0.717) is 11.6 Å². The van der Waals surface area contributed by atoms with Gasteiger partial charge in [-0.15, -0.1) is 0 Å². The third-order valence-corrected chi connectivity index (χ3v) is 4.01. The standard InChI is InChI=1S/C16H9BrINO2/c17-12-5-1-3-10(7-12)8-14-16(20)21-15(19-14)11-4-2-6-13(18)9-11/h1-9H/b14-8-. The first-order valence-corrected chi connectivity index (χ1v) is 8.03. The van der Waals surface area contributed by atoms with E-state index in [-0.39, 0.29) is 0 Å². The molecule has 0 saturated heterocycles. The molecule has 0 aliphatic carbocycles. The van der Waals surface area contributed by atoms with Gasteiger partial charge in [-0.1, -0.05) is 34.1 Å². The van der Waals surface area contributed by atoms with Crippen LogP contribution in [0.5, 0.6) is 0 Å². The monoisotopic (exact) mass is 453 g/mol. The minimum Gasteiger partial charge on any atom is -0.402 e. The zero-order valence-electron chi connectivity index (χ0n) is 10.7. The molecule has 0 spiro atoms. The molecule has 3 rings (SSSR count). The molecule has 2 aromatic carbocycles. The highest BCUT2D eigenvalue weighted by Crippen LogP contribution is 2.21. The average molecular weight is 454 g/mol. The van der Waals surface area contributed by atoms with Gasteiger partial charge in [0.15, 0.2) is 5.70 Å². The topological polar surface area (TPSA) is 38.7 Å². The van der Waals surface area contributed by atoms with Crippen LogP contribution in [0.15, 0.2) is 63.7 Å². The van der Waals surface area contributed by atoms with Gasteiger partial charge in [0, 0.05) is 13.6 Å². The van der Waals surface area contributed by atoms with Crippen LogP contribution in [-0.2, 0) is 9.53 Å². The van der Waals surface area contributed by atoms with Crippen molar-refractivity contribution in [3.63, 3.8) is 0 Å². The Morgan fingerprint density at radius 1 is 1.14 bits per heavy atom. The molecular formula is C16H9BrINO2. The lowest BCUT2D eigenvalue weighted by Crippen LogP contribution is -2.05. The van der Waals surface area contributed by atoms with E-state index in [1.807, 2.05) is 48.5 Å². The third kappa shape index (κ3) is 3.41. The van der Waals surface area contributed by atoms with Crippen LogP contribution in [0.3, 0.4) is 0 Å². The van der Waals surface area contributed by atoms with Crippen LogP contribution in [0.2, 0.25) is 0 Å². The zero-order chi connectivity index (χ0) is 14.8. The van der Waals surface area contributed by atoms with E-state index in [0.717, 1.165) is 19.2 Å². The fourth-order valence-electron chi connectivity index (χ4n) is 1.91. The van der Waals surface area contributed by atoms with Gasteiger partial charge in [-0.3, -0.25) is 0 Å². The van der Waals surface area contributed by atoms with Crippen molar-refractivity contribution >= 4 is 56.5 Å².